The van der Waals surface area contributed by atoms with Crippen molar-refractivity contribution in [2.45, 2.75) is 45.3 Å². The molecule has 1 fully saturated rings. The highest BCUT2D eigenvalue weighted by Gasteiger charge is 2.25. The summed E-state index contributed by atoms with van der Waals surface area (Å²) in [4.78, 5) is 35.2. The smallest absolute Gasteiger partial charge is 0.342 e. The van der Waals surface area contributed by atoms with Gasteiger partial charge in [-0.2, -0.15) is 0 Å². The van der Waals surface area contributed by atoms with Gasteiger partial charge in [0, 0.05) is 44.4 Å². The summed E-state index contributed by atoms with van der Waals surface area (Å²) >= 11 is 0. The maximum Gasteiger partial charge on any atom is 0.342 e. The number of aromatic nitrogens is 2. The summed E-state index contributed by atoms with van der Waals surface area (Å²) in [6, 6.07) is 8.86. The molecule has 8 heteroatoms. The molecule has 2 aromatic rings. The summed E-state index contributed by atoms with van der Waals surface area (Å²) in [5.74, 6) is 0.423. The van der Waals surface area contributed by atoms with E-state index in [4.69, 9.17) is 9.47 Å². The first-order chi connectivity index (χ1) is 14.3. The molecule has 0 atom stereocenters. The van der Waals surface area contributed by atoms with Crippen LogP contribution in [0.25, 0.3) is 0 Å². The van der Waals surface area contributed by atoms with Gasteiger partial charge in [-0.15, -0.1) is 0 Å². The Bertz CT molecular complexity index is 859. The number of hydrogen-bond acceptors (Lipinski definition) is 7. The molecule has 2 aromatic heterocycles. The number of nitrogens with zero attached hydrogens (tertiary/aromatic N) is 3. The van der Waals surface area contributed by atoms with Gasteiger partial charge in [0.1, 0.15) is 23.1 Å². The SMILES string of the molecule is CC(C)(C)OC(=O)c1cccnc1NCC(=O)N1CCC(Oc2ccccn2)CC1. The average molecular weight is 412 g/mol. The number of esters is 1. The van der Waals surface area contributed by atoms with Gasteiger partial charge in [-0.05, 0) is 39.0 Å². The van der Waals surface area contributed by atoms with Crippen molar-refractivity contribution in [2.75, 3.05) is 25.0 Å². The van der Waals surface area contributed by atoms with Gasteiger partial charge in [-0.25, -0.2) is 14.8 Å². The molecule has 0 spiro atoms. The fourth-order valence-electron chi connectivity index (χ4n) is 3.13. The van der Waals surface area contributed by atoms with Gasteiger partial charge in [0.15, 0.2) is 0 Å². The number of nitrogens with one attached hydrogen (secondary N) is 1. The van der Waals surface area contributed by atoms with E-state index in [1.165, 1.54) is 0 Å². The minimum absolute atomic E-state index is 0.0477. The number of rotatable bonds is 6. The van der Waals surface area contributed by atoms with E-state index < -0.39 is 11.6 Å². The van der Waals surface area contributed by atoms with Gasteiger partial charge in [0.2, 0.25) is 11.8 Å². The zero-order chi connectivity index (χ0) is 21.6. The number of pyridine rings is 2. The van der Waals surface area contributed by atoms with Crippen molar-refractivity contribution < 1.29 is 19.1 Å². The van der Waals surface area contributed by atoms with Crippen LogP contribution in [0.5, 0.6) is 5.88 Å². The van der Waals surface area contributed by atoms with Crippen molar-refractivity contribution in [3.05, 3.63) is 48.3 Å². The van der Waals surface area contributed by atoms with Crippen LogP contribution in [-0.4, -0.2) is 58.1 Å². The van der Waals surface area contributed by atoms with Crippen molar-refractivity contribution in [2.24, 2.45) is 0 Å². The van der Waals surface area contributed by atoms with Crippen molar-refractivity contribution >= 4 is 17.7 Å². The van der Waals surface area contributed by atoms with Crippen LogP contribution in [0.4, 0.5) is 5.82 Å². The maximum atomic E-state index is 12.6. The number of anilines is 1. The van der Waals surface area contributed by atoms with Gasteiger partial charge in [0.25, 0.3) is 0 Å². The molecular weight excluding hydrogens is 384 g/mol. The quantitative estimate of drug-likeness (QED) is 0.729. The van der Waals surface area contributed by atoms with E-state index in [2.05, 4.69) is 15.3 Å². The Labute approximate surface area is 176 Å². The largest absolute Gasteiger partial charge is 0.474 e. The lowest BCUT2D eigenvalue weighted by Crippen LogP contribution is -2.44. The summed E-state index contributed by atoms with van der Waals surface area (Å²) in [5, 5.41) is 2.98. The maximum absolute atomic E-state index is 12.6. The minimum atomic E-state index is -0.609. The first-order valence-electron chi connectivity index (χ1n) is 10.1. The van der Waals surface area contributed by atoms with Crippen LogP contribution >= 0.6 is 0 Å². The lowest BCUT2D eigenvalue weighted by Gasteiger charge is -2.32. The second kappa shape index (κ2) is 9.56. The molecule has 3 rings (SSSR count). The second-order valence-electron chi connectivity index (χ2n) is 8.12. The Balaban J connectivity index is 1.50. The molecule has 0 unspecified atom stereocenters. The predicted molar refractivity (Wildman–Crippen MR) is 112 cm³/mol. The van der Waals surface area contributed by atoms with Crippen LogP contribution in [0, 0.1) is 0 Å². The van der Waals surface area contributed by atoms with E-state index in [-0.39, 0.29) is 18.6 Å². The van der Waals surface area contributed by atoms with Crippen LogP contribution in [0.2, 0.25) is 0 Å². The van der Waals surface area contributed by atoms with Gasteiger partial charge in [0.05, 0.1) is 6.54 Å². The normalized spacial score (nSPS) is 14.8. The molecule has 0 saturated carbocycles. The standard InChI is InChI=1S/C22H28N4O4/c1-22(2,3)30-21(28)17-7-6-12-24-20(17)25-15-19(27)26-13-9-16(10-14-26)29-18-8-4-5-11-23-18/h4-8,11-12,16H,9-10,13-15H2,1-3H3,(H,24,25). The topological polar surface area (TPSA) is 93.6 Å². The molecular formula is C22H28N4O4. The van der Waals surface area contributed by atoms with E-state index in [0.29, 0.717) is 30.4 Å². The molecule has 1 saturated heterocycles. The highest BCUT2D eigenvalue weighted by molar-refractivity contribution is 5.95. The lowest BCUT2D eigenvalue weighted by molar-refractivity contribution is -0.131. The molecule has 8 nitrogen and oxygen atoms in total. The highest BCUT2D eigenvalue weighted by atomic mass is 16.6. The third-order valence-electron chi connectivity index (χ3n) is 4.55. The van der Waals surface area contributed by atoms with Crippen molar-refractivity contribution in [3.63, 3.8) is 0 Å². The lowest BCUT2D eigenvalue weighted by atomic mass is 10.1. The van der Waals surface area contributed by atoms with Gasteiger partial charge >= 0.3 is 5.97 Å². The van der Waals surface area contributed by atoms with Crippen LogP contribution in [0.15, 0.2) is 42.7 Å². The van der Waals surface area contributed by atoms with Crippen LogP contribution in [0.3, 0.4) is 0 Å². The Kier molecular flexibility index (Phi) is 6.87. The second-order valence-corrected chi connectivity index (χ2v) is 8.12. The Morgan fingerprint density at radius 1 is 1.10 bits per heavy atom. The molecule has 0 aromatic carbocycles. The van der Waals surface area contributed by atoms with Crippen molar-refractivity contribution in [1.82, 2.24) is 14.9 Å². The van der Waals surface area contributed by atoms with Crippen LogP contribution in [-0.2, 0) is 9.53 Å². The molecule has 0 radical (unpaired) electrons. The highest BCUT2D eigenvalue weighted by Crippen LogP contribution is 2.19. The Hall–Kier alpha value is -3.16. The molecule has 30 heavy (non-hydrogen) atoms. The fraction of sp³-hybridized carbons (Fsp3) is 0.455. The third-order valence-corrected chi connectivity index (χ3v) is 4.55. The van der Waals surface area contributed by atoms with Crippen molar-refractivity contribution in [1.29, 1.82) is 0 Å². The Morgan fingerprint density at radius 2 is 1.83 bits per heavy atom. The summed E-state index contributed by atoms with van der Waals surface area (Å²) in [6.45, 7) is 6.69. The molecule has 1 aliphatic rings. The van der Waals surface area contributed by atoms with E-state index in [1.807, 2.05) is 18.2 Å². The van der Waals surface area contributed by atoms with E-state index in [9.17, 15) is 9.59 Å². The first kappa shape index (κ1) is 21.5. The van der Waals surface area contributed by atoms with Gasteiger partial charge in [-0.3, -0.25) is 4.79 Å². The summed E-state index contributed by atoms with van der Waals surface area (Å²) < 4.78 is 11.3. The zero-order valence-corrected chi connectivity index (χ0v) is 17.6. The molecule has 3 heterocycles. The van der Waals surface area contributed by atoms with Gasteiger partial charge in [-0.1, -0.05) is 6.07 Å². The van der Waals surface area contributed by atoms with E-state index in [1.54, 1.807) is 50.2 Å². The average Bonchev–Trinajstić information content (AvgIpc) is 2.72. The van der Waals surface area contributed by atoms with E-state index >= 15 is 0 Å². The number of piperidine rings is 1. The van der Waals surface area contributed by atoms with Crippen molar-refractivity contribution in [3.8, 4) is 5.88 Å². The summed E-state index contributed by atoms with van der Waals surface area (Å²) in [7, 11) is 0. The molecule has 1 N–H and O–H groups in total. The fourth-order valence-corrected chi connectivity index (χ4v) is 3.13. The third kappa shape index (κ3) is 6.17. The number of ether oxygens (including phenoxy) is 2. The monoisotopic (exact) mass is 412 g/mol. The van der Waals surface area contributed by atoms with Crippen LogP contribution in [0.1, 0.15) is 44.0 Å². The number of carbonyl (C=O) groups is 2. The predicted octanol–water partition coefficient (Wildman–Crippen LogP) is 2.91. The minimum Gasteiger partial charge on any atom is -0.474 e. The molecule has 1 amide bonds. The molecule has 160 valence electrons. The molecule has 0 bridgehead atoms. The van der Waals surface area contributed by atoms with Gasteiger partial charge < -0.3 is 19.7 Å². The first-order valence-corrected chi connectivity index (χ1v) is 10.1. The number of carbonyl (C=O) groups excluding carboxylic acids is 2. The number of likely N-dealkylation sites (tertiary alicyclic amines) is 1. The van der Waals surface area contributed by atoms with Crippen LogP contribution < -0.4 is 10.1 Å². The molecule has 1 aliphatic heterocycles. The molecule has 0 aliphatic carbocycles. The Morgan fingerprint density at radius 3 is 2.50 bits per heavy atom. The summed E-state index contributed by atoms with van der Waals surface area (Å²) in [6.07, 6.45) is 4.81. The number of hydrogen-bond donors (Lipinski definition) is 1. The zero-order valence-electron chi connectivity index (χ0n) is 17.6. The van der Waals surface area contributed by atoms with E-state index in [0.717, 1.165) is 12.8 Å². The number of amides is 1. The summed E-state index contributed by atoms with van der Waals surface area (Å²) in [5.41, 5.74) is -0.301.